The van der Waals surface area contributed by atoms with Crippen molar-refractivity contribution in [2.24, 2.45) is 7.05 Å². The Balaban J connectivity index is 1.99. The van der Waals surface area contributed by atoms with Gasteiger partial charge in [0.25, 0.3) is 5.91 Å². The van der Waals surface area contributed by atoms with Gasteiger partial charge in [-0.2, -0.15) is 5.10 Å². The maximum absolute atomic E-state index is 13.3. The summed E-state index contributed by atoms with van der Waals surface area (Å²) in [6, 6.07) is 6.00. The molecule has 0 radical (unpaired) electrons. The molecular weight excluding hydrogens is 358 g/mol. The highest BCUT2D eigenvalue weighted by molar-refractivity contribution is 7.22. The summed E-state index contributed by atoms with van der Waals surface area (Å²) in [5.41, 5.74) is 3.91. The van der Waals surface area contributed by atoms with E-state index < -0.39 is 0 Å². The summed E-state index contributed by atoms with van der Waals surface area (Å²) in [5.74, 6) is -0.0596. The number of carbonyl (C=O) groups excluding carboxylic acids is 1. The van der Waals surface area contributed by atoms with E-state index in [1.54, 1.807) is 40.2 Å². The number of hydrogen-bond donors (Lipinski definition) is 0. The van der Waals surface area contributed by atoms with Crippen LogP contribution < -0.4 is 4.90 Å². The Bertz CT molecular complexity index is 941. The fraction of sp³-hybridized carbons (Fsp3) is 0.450. The number of carbonyl (C=O) groups is 1. The number of fused-ring (bicyclic) bond motifs is 1. The lowest BCUT2D eigenvalue weighted by Crippen LogP contribution is -2.39. The standard InChI is InChI=1S/C20H27N5OS/c1-6-24(7-2)10-11-25(19(26)17-8-9-21-23(17)5)20-22-16-13-14(3)12-15(4)18(16)27-20/h8-9,12-13H,6-7,10-11H2,1-5H3. The van der Waals surface area contributed by atoms with Crippen LogP contribution in [0.4, 0.5) is 5.13 Å². The summed E-state index contributed by atoms with van der Waals surface area (Å²) in [5, 5.41) is 4.90. The van der Waals surface area contributed by atoms with Gasteiger partial charge in [0.15, 0.2) is 5.13 Å². The van der Waals surface area contributed by atoms with Gasteiger partial charge in [0.1, 0.15) is 5.69 Å². The van der Waals surface area contributed by atoms with Gasteiger partial charge < -0.3 is 4.90 Å². The minimum absolute atomic E-state index is 0.0596. The number of anilines is 1. The van der Waals surface area contributed by atoms with Gasteiger partial charge >= 0.3 is 0 Å². The van der Waals surface area contributed by atoms with E-state index in [0.717, 1.165) is 35.0 Å². The number of hydrogen-bond acceptors (Lipinski definition) is 5. The first-order valence-electron chi connectivity index (χ1n) is 9.34. The molecule has 0 bridgehead atoms. The van der Waals surface area contributed by atoms with Crippen molar-refractivity contribution < 1.29 is 4.79 Å². The van der Waals surface area contributed by atoms with Crippen molar-refractivity contribution >= 4 is 32.6 Å². The Morgan fingerprint density at radius 1 is 1.19 bits per heavy atom. The van der Waals surface area contributed by atoms with Crippen LogP contribution in [0.2, 0.25) is 0 Å². The van der Waals surface area contributed by atoms with Gasteiger partial charge in [0.2, 0.25) is 0 Å². The maximum Gasteiger partial charge on any atom is 0.278 e. The molecule has 6 nitrogen and oxygen atoms in total. The van der Waals surface area contributed by atoms with Gasteiger partial charge in [-0.15, -0.1) is 0 Å². The normalized spacial score (nSPS) is 11.5. The maximum atomic E-state index is 13.3. The second kappa shape index (κ2) is 8.19. The lowest BCUT2D eigenvalue weighted by atomic mass is 10.1. The van der Waals surface area contributed by atoms with Crippen molar-refractivity contribution in [2.45, 2.75) is 27.7 Å². The van der Waals surface area contributed by atoms with Crippen LogP contribution in [0.25, 0.3) is 10.2 Å². The second-order valence-electron chi connectivity index (χ2n) is 6.75. The highest BCUT2D eigenvalue weighted by Gasteiger charge is 2.24. The fourth-order valence-corrected chi connectivity index (χ4v) is 4.31. The summed E-state index contributed by atoms with van der Waals surface area (Å²) in [4.78, 5) is 22.2. The first kappa shape index (κ1) is 19.5. The van der Waals surface area contributed by atoms with Crippen LogP contribution in [-0.2, 0) is 7.05 Å². The van der Waals surface area contributed by atoms with Gasteiger partial charge in [0.05, 0.1) is 10.2 Å². The van der Waals surface area contributed by atoms with Crippen LogP contribution in [0.1, 0.15) is 35.5 Å². The van der Waals surface area contributed by atoms with Crippen molar-refractivity contribution in [1.29, 1.82) is 0 Å². The first-order chi connectivity index (χ1) is 12.9. The molecule has 0 unspecified atom stereocenters. The Hall–Kier alpha value is -2.25. The van der Waals surface area contributed by atoms with Gasteiger partial charge in [0, 0.05) is 26.3 Å². The number of aromatic nitrogens is 3. The third-order valence-electron chi connectivity index (χ3n) is 4.86. The zero-order chi connectivity index (χ0) is 19.6. The Labute approximate surface area is 164 Å². The molecule has 2 heterocycles. The van der Waals surface area contributed by atoms with E-state index in [2.05, 4.69) is 49.8 Å². The predicted molar refractivity (Wildman–Crippen MR) is 112 cm³/mol. The van der Waals surface area contributed by atoms with Crippen LogP contribution in [0.3, 0.4) is 0 Å². The van der Waals surface area contributed by atoms with Crippen molar-refractivity contribution in [3.8, 4) is 0 Å². The SMILES string of the molecule is CCN(CC)CCN(C(=O)c1ccnn1C)c1nc2cc(C)cc(C)c2s1. The Kier molecular flexibility index (Phi) is 5.92. The van der Waals surface area contributed by atoms with E-state index in [9.17, 15) is 4.79 Å². The first-order valence-corrected chi connectivity index (χ1v) is 10.2. The summed E-state index contributed by atoms with van der Waals surface area (Å²) >= 11 is 1.58. The van der Waals surface area contributed by atoms with E-state index in [1.165, 1.54) is 11.1 Å². The summed E-state index contributed by atoms with van der Waals surface area (Å²) < 4.78 is 2.76. The van der Waals surface area contributed by atoms with Gasteiger partial charge in [-0.3, -0.25) is 14.4 Å². The molecule has 27 heavy (non-hydrogen) atoms. The molecule has 3 aromatic rings. The molecule has 0 fully saturated rings. The molecule has 144 valence electrons. The van der Waals surface area contributed by atoms with Gasteiger partial charge in [-0.25, -0.2) is 4.98 Å². The highest BCUT2D eigenvalue weighted by Crippen LogP contribution is 2.32. The monoisotopic (exact) mass is 385 g/mol. The largest absolute Gasteiger partial charge is 0.302 e. The minimum atomic E-state index is -0.0596. The smallest absolute Gasteiger partial charge is 0.278 e. The number of likely N-dealkylation sites (N-methyl/N-ethyl adjacent to an activating group) is 1. The average Bonchev–Trinajstić information content (AvgIpc) is 3.24. The Morgan fingerprint density at radius 2 is 1.93 bits per heavy atom. The van der Waals surface area contributed by atoms with Crippen molar-refractivity contribution in [2.75, 3.05) is 31.1 Å². The molecule has 0 aliphatic carbocycles. The lowest BCUT2D eigenvalue weighted by Gasteiger charge is -2.24. The number of rotatable bonds is 7. The molecule has 3 rings (SSSR count). The number of thiazole rings is 1. The molecule has 0 atom stereocenters. The molecule has 7 heteroatoms. The van der Waals surface area contributed by atoms with Crippen LogP contribution in [0.5, 0.6) is 0 Å². The molecule has 0 saturated heterocycles. The number of aryl methyl sites for hydroxylation is 3. The quantitative estimate of drug-likeness (QED) is 0.623. The number of amides is 1. The van der Waals surface area contributed by atoms with Gasteiger partial charge in [-0.1, -0.05) is 31.3 Å². The molecule has 0 aliphatic rings. The van der Waals surface area contributed by atoms with E-state index in [0.29, 0.717) is 12.2 Å². The number of nitrogens with zero attached hydrogens (tertiary/aromatic N) is 5. The van der Waals surface area contributed by atoms with E-state index >= 15 is 0 Å². The average molecular weight is 386 g/mol. The van der Waals surface area contributed by atoms with Crippen LogP contribution in [0.15, 0.2) is 24.4 Å². The molecule has 0 saturated carbocycles. The lowest BCUT2D eigenvalue weighted by molar-refractivity contribution is 0.0974. The second-order valence-corrected chi connectivity index (χ2v) is 7.73. The van der Waals surface area contributed by atoms with Crippen molar-refractivity contribution in [3.05, 3.63) is 41.2 Å². The fourth-order valence-electron chi connectivity index (χ4n) is 3.27. The molecule has 0 aliphatic heterocycles. The molecule has 0 spiro atoms. The highest BCUT2D eigenvalue weighted by atomic mass is 32.1. The van der Waals surface area contributed by atoms with Crippen molar-refractivity contribution in [3.63, 3.8) is 0 Å². The molecular formula is C20H27N5OS. The third-order valence-corrected chi connectivity index (χ3v) is 6.09. The number of benzene rings is 1. The molecule has 2 aromatic heterocycles. The topological polar surface area (TPSA) is 54.3 Å². The van der Waals surface area contributed by atoms with E-state index in [4.69, 9.17) is 4.98 Å². The minimum Gasteiger partial charge on any atom is -0.302 e. The van der Waals surface area contributed by atoms with Crippen LogP contribution in [-0.4, -0.2) is 51.8 Å². The van der Waals surface area contributed by atoms with E-state index in [-0.39, 0.29) is 5.91 Å². The summed E-state index contributed by atoms with van der Waals surface area (Å²) in [7, 11) is 1.79. The van der Waals surface area contributed by atoms with Gasteiger partial charge in [-0.05, 0) is 50.2 Å². The molecule has 1 aromatic carbocycles. The summed E-state index contributed by atoms with van der Waals surface area (Å²) in [6.07, 6.45) is 1.65. The zero-order valence-corrected chi connectivity index (χ0v) is 17.5. The van der Waals surface area contributed by atoms with E-state index in [1.807, 2.05) is 0 Å². The predicted octanol–water partition coefficient (Wildman–Crippen LogP) is 3.64. The molecule has 0 N–H and O–H groups in total. The Morgan fingerprint density at radius 3 is 2.56 bits per heavy atom. The zero-order valence-electron chi connectivity index (χ0n) is 16.7. The van der Waals surface area contributed by atoms with Crippen LogP contribution >= 0.6 is 11.3 Å². The summed E-state index contributed by atoms with van der Waals surface area (Å²) in [6.45, 7) is 11.8. The van der Waals surface area contributed by atoms with Crippen molar-refractivity contribution in [1.82, 2.24) is 19.7 Å². The van der Waals surface area contributed by atoms with Crippen LogP contribution in [0, 0.1) is 13.8 Å². The molecule has 1 amide bonds. The third kappa shape index (κ3) is 4.04.